The lowest BCUT2D eigenvalue weighted by Gasteiger charge is -2.04. The molecule has 0 spiro atoms. The summed E-state index contributed by atoms with van der Waals surface area (Å²) in [5, 5.41) is 0. The van der Waals surface area contributed by atoms with E-state index in [4.69, 9.17) is 5.73 Å². The van der Waals surface area contributed by atoms with Crippen molar-refractivity contribution in [2.45, 2.75) is 19.9 Å². The van der Waals surface area contributed by atoms with Crippen molar-refractivity contribution in [1.82, 2.24) is 0 Å². The molecule has 0 saturated carbocycles. The summed E-state index contributed by atoms with van der Waals surface area (Å²) in [5.74, 6) is 0.177. The predicted molar refractivity (Wildman–Crippen MR) is 56.0 cm³/mol. The summed E-state index contributed by atoms with van der Waals surface area (Å²) >= 11 is 0. The molecular weight excluding hydrogens is 186 g/mol. The summed E-state index contributed by atoms with van der Waals surface area (Å²) in [5.41, 5.74) is 7.63. The van der Waals surface area contributed by atoms with E-state index in [-0.39, 0.29) is 18.2 Å². The topological polar surface area (TPSA) is 43.1 Å². The number of Topliss-reactive ketones (excluding diaryl/α,β-unsaturated/α-hetero) is 1. The highest BCUT2D eigenvalue weighted by Gasteiger charge is 2.01. The van der Waals surface area contributed by atoms with E-state index in [2.05, 4.69) is 0 Å². The maximum atomic E-state index is 10.8. The highest BCUT2D eigenvalue weighted by Crippen LogP contribution is 2.08. The summed E-state index contributed by atoms with van der Waals surface area (Å²) in [6, 6.07) is 7.77. The molecule has 0 aliphatic rings. The molecule has 13 heavy (non-hydrogen) atoms. The van der Waals surface area contributed by atoms with Gasteiger partial charge < -0.3 is 5.73 Å². The molecule has 0 aromatic heterocycles. The molecule has 0 saturated heterocycles. The first-order chi connectivity index (χ1) is 5.74. The summed E-state index contributed by atoms with van der Waals surface area (Å²) in [6.45, 7) is 2.09. The van der Waals surface area contributed by atoms with E-state index in [1.54, 1.807) is 6.92 Å². The van der Waals surface area contributed by atoms with Gasteiger partial charge in [0.05, 0.1) is 0 Å². The van der Waals surface area contributed by atoms with Crippen molar-refractivity contribution in [3.63, 3.8) is 0 Å². The first kappa shape index (κ1) is 12.1. The number of rotatable bonds is 3. The molecule has 0 aliphatic heterocycles. The summed E-state index contributed by atoms with van der Waals surface area (Å²) in [7, 11) is 0. The Morgan fingerprint density at radius 3 is 2.31 bits per heavy atom. The molecule has 0 heterocycles. The van der Waals surface area contributed by atoms with Crippen LogP contribution >= 0.6 is 12.4 Å². The molecule has 0 aliphatic carbocycles. The molecule has 1 rings (SSSR count). The monoisotopic (exact) mass is 199 g/mol. The maximum Gasteiger partial charge on any atom is 0.134 e. The summed E-state index contributed by atoms with van der Waals surface area (Å²) in [4.78, 5) is 10.8. The van der Waals surface area contributed by atoms with Crippen LogP contribution in [0.3, 0.4) is 0 Å². The van der Waals surface area contributed by atoms with Crippen molar-refractivity contribution in [1.29, 1.82) is 0 Å². The molecule has 2 N–H and O–H groups in total. The molecule has 0 fully saturated rings. The number of hydrogen-bond donors (Lipinski definition) is 1. The molecule has 2 nitrogen and oxygen atoms in total. The molecule has 1 aromatic rings. The van der Waals surface area contributed by atoms with E-state index in [1.807, 2.05) is 24.3 Å². The summed E-state index contributed by atoms with van der Waals surface area (Å²) in [6.07, 6.45) is 0.493. The van der Waals surface area contributed by atoms with Gasteiger partial charge in [0.15, 0.2) is 0 Å². The van der Waals surface area contributed by atoms with Gasteiger partial charge in [-0.05, 0) is 18.1 Å². The lowest BCUT2D eigenvalue weighted by molar-refractivity contribution is -0.116. The number of nitrogens with two attached hydrogens (primary N) is 1. The molecule has 0 unspecified atom stereocenters. The fourth-order valence-electron chi connectivity index (χ4n) is 1.20. The molecule has 0 bridgehead atoms. The number of benzene rings is 1. The Kier molecular flexibility index (Phi) is 5.35. The minimum Gasteiger partial charge on any atom is -0.326 e. The standard InChI is InChI=1S/C10H13NO.ClH/c1-8(12)6-9-4-2-3-5-10(9)7-11;/h2-5H,6-7,11H2,1H3;1H. The van der Waals surface area contributed by atoms with E-state index < -0.39 is 0 Å². The van der Waals surface area contributed by atoms with E-state index >= 15 is 0 Å². The van der Waals surface area contributed by atoms with Gasteiger partial charge in [-0.2, -0.15) is 0 Å². The number of carbonyl (C=O) groups excluding carboxylic acids is 1. The Labute approximate surface area is 84.5 Å². The van der Waals surface area contributed by atoms with Crippen LogP contribution in [0.2, 0.25) is 0 Å². The van der Waals surface area contributed by atoms with E-state index in [1.165, 1.54) is 0 Å². The van der Waals surface area contributed by atoms with Gasteiger partial charge in [-0.1, -0.05) is 24.3 Å². The van der Waals surface area contributed by atoms with Gasteiger partial charge in [0, 0.05) is 13.0 Å². The Morgan fingerprint density at radius 1 is 1.31 bits per heavy atom. The van der Waals surface area contributed by atoms with E-state index in [9.17, 15) is 4.79 Å². The zero-order valence-electron chi connectivity index (χ0n) is 7.62. The Hall–Kier alpha value is -0.860. The van der Waals surface area contributed by atoms with Crippen molar-refractivity contribution in [2.75, 3.05) is 0 Å². The van der Waals surface area contributed by atoms with Crippen LogP contribution in [-0.4, -0.2) is 5.78 Å². The van der Waals surface area contributed by atoms with Crippen molar-refractivity contribution in [3.8, 4) is 0 Å². The smallest absolute Gasteiger partial charge is 0.134 e. The number of carbonyl (C=O) groups is 1. The number of ketones is 1. The van der Waals surface area contributed by atoms with Crippen LogP contribution in [0.1, 0.15) is 18.1 Å². The molecule has 0 radical (unpaired) electrons. The second kappa shape index (κ2) is 5.73. The molecule has 0 atom stereocenters. The van der Waals surface area contributed by atoms with Crippen molar-refractivity contribution >= 4 is 18.2 Å². The predicted octanol–water partition coefficient (Wildman–Crippen LogP) is 1.70. The third-order valence-electron chi connectivity index (χ3n) is 1.78. The Morgan fingerprint density at radius 2 is 1.85 bits per heavy atom. The Bertz CT molecular complexity index is 286. The average Bonchev–Trinajstić information content (AvgIpc) is 2.04. The van der Waals surface area contributed by atoms with Crippen molar-refractivity contribution in [3.05, 3.63) is 35.4 Å². The maximum absolute atomic E-state index is 10.8. The van der Waals surface area contributed by atoms with Crippen molar-refractivity contribution < 1.29 is 4.79 Å². The van der Waals surface area contributed by atoms with Gasteiger partial charge >= 0.3 is 0 Å². The fourth-order valence-corrected chi connectivity index (χ4v) is 1.20. The number of halogens is 1. The van der Waals surface area contributed by atoms with E-state index in [0.717, 1.165) is 11.1 Å². The molecular formula is C10H14ClNO. The quantitative estimate of drug-likeness (QED) is 0.806. The van der Waals surface area contributed by atoms with Crippen LogP contribution in [0.4, 0.5) is 0 Å². The van der Waals surface area contributed by atoms with Crippen molar-refractivity contribution in [2.24, 2.45) is 5.73 Å². The first-order valence-corrected chi connectivity index (χ1v) is 4.00. The van der Waals surface area contributed by atoms with Gasteiger partial charge in [0.1, 0.15) is 5.78 Å². The van der Waals surface area contributed by atoms with Gasteiger partial charge in [-0.15, -0.1) is 12.4 Å². The zero-order valence-corrected chi connectivity index (χ0v) is 8.43. The molecule has 3 heteroatoms. The highest BCUT2D eigenvalue weighted by atomic mass is 35.5. The number of hydrogen-bond acceptors (Lipinski definition) is 2. The molecule has 0 amide bonds. The fraction of sp³-hybridized carbons (Fsp3) is 0.300. The van der Waals surface area contributed by atoms with Gasteiger partial charge in [0.25, 0.3) is 0 Å². The molecule has 72 valence electrons. The second-order valence-corrected chi connectivity index (χ2v) is 2.85. The minimum absolute atomic E-state index is 0. The van der Waals surface area contributed by atoms with Crippen LogP contribution in [-0.2, 0) is 17.8 Å². The molecule has 1 aromatic carbocycles. The van der Waals surface area contributed by atoms with Crippen LogP contribution < -0.4 is 5.73 Å². The van der Waals surface area contributed by atoms with Crippen LogP contribution in [0.25, 0.3) is 0 Å². The largest absolute Gasteiger partial charge is 0.326 e. The van der Waals surface area contributed by atoms with Gasteiger partial charge in [-0.25, -0.2) is 0 Å². The summed E-state index contributed by atoms with van der Waals surface area (Å²) < 4.78 is 0. The van der Waals surface area contributed by atoms with E-state index in [0.29, 0.717) is 13.0 Å². The Balaban J connectivity index is 0.00000144. The third-order valence-corrected chi connectivity index (χ3v) is 1.78. The lowest BCUT2D eigenvalue weighted by atomic mass is 10.0. The highest BCUT2D eigenvalue weighted by molar-refractivity contribution is 5.85. The van der Waals surface area contributed by atoms with Crippen LogP contribution in [0, 0.1) is 0 Å². The SMILES string of the molecule is CC(=O)Cc1ccccc1CN.Cl. The van der Waals surface area contributed by atoms with Crippen LogP contribution in [0.15, 0.2) is 24.3 Å². The zero-order chi connectivity index (χ0) is 8.97. The third kappa shape index (κ3) is 3.57. The second-order valence-electron chi connectivity index (χ2n) is 2.85. The van der Waals surface area contributed by atoms with Gasteiger partial charge in [-0.3, -0.25) is 4.79 Å². The lowest BCUT2D eigenvalue weighted by Crippen LogP contribution is -2.04. The van der Waals surface area contributed by atoms with Crippen LogP contribution in [0.5, 0.6) is 0 Å². The first-order valence-electron chi connectivity index (χ1n) is 4.00. The van der Waals surface area contributed by atoms with Gasteiger partial charge in [0.2, 0.25) is 0 Å². The average molecular weight is 200 g/mol. The normalized spacial score (nSPS) is 9.08. The minimum atomic E-state index is 0.